The van der Waals surface area contributed by atoms with Gasteiger partial charge in [0, 0.05) is 6.54 Å². The molecule has 0 fully saturated rings. The second kappa shape index (κ2) is 6.91. The zero-order valence-corrected chi connectivity index (χ0v) is 12.1. The summed E-state index contributed by atoms with van der Waals surface area (Å²) in [5.41, 5.74) is 8.04. The molecule has 0 aliphatic heterocycles. The summed E-state index contributed by atoms with van der Waals surface area (Å²) in [6.45, 7) is 2.71. The highest BCUT2D eigenvalue weighted by atomic mass is 16.3. The molecule has 0 amide bonds. The number of aromatic nitrogens is 4. The van der Waals surface area contributed by atoms with Crippen molar-refractivity contribution in [2.45, 2.75) is 26.6 Å². The maximum atomic E-state index is 8.94. The van der Waals surface area contributed by atoms with Gasteiger partial charge in [-0.1, -0.05) is 0 Å². The molecule has 0 atom stereocenters. The molecule has 0 saturated heterocycles. The zero-order chi connectivity index (χ0) is 15.2. The number of aryl methyl sites for hydroxylation is 1. The molecule has 0 radical (unpaired) electrons. The van der Waals surface area contributed by atoms with Crippen molar-refractivity contribution in [1.29, 1.82) is 0 Å². The quantitative estimate of drug-likeness (QED) is 0.585. The van der Waals surface area contributed by atoms with E-state index in [1.54, 1.807) is 19.3 Å². The molecule has 5 N–H and O–H groups in total. The van der Waals surface area contributed by atoms with Crippen LogP contribution in [0.15, 0.2) is 12.4 Å². The van der Waals surface area contributed by atoms with Gasteiger partial charge in [0.25, 0.3) is 0 Å². The first-order valence-electron chi connectivity index (χ1n) is 6.56. The SMILES string of the molecule is CNCc1c(N)nc(C)nc1NCc1cnc(CO)cn1. The fourth-order valence-corrected chi connectivity index (χ4v) is 1.84. The summed E-state index contributed by atoms with van der Waals surface area (Å²) < 4.78 is 0. The number of hydrogen-bond acceptors (Lipinski definition) is 8. The third kappa shape index (κ3) is 3.83. The second-order valence-corrected chi connectivity index (χ2v) is 4.52. The van der Waals surface area contributed by atoms with Crippen LogP contribution in [0.5, 0.6) is 0 Å². The number of aliphatic hydroxyl groups excluding tert-OH is 1. The first-order chi connectivity index (χ1) is 10.1. The van der Waals surface area contributed by atoms with Gasteiger partial charge < -0.3 is 21.5 Å². The molecule has 0 saturated carbocycles. The molecule has 0 aliphatic carbocycles. The Morgan fingerprint density at radius 2 is 1.86 bits per heavy atom. The van der Waals surface area contributed by atoms with Crippen LogP contribution >= 0.6 is 0 Å². The lowest BCUT2D eigenvalue weighted by Crippen LogP contribution is -2.15. The van der Waals surface area contributed by atoms with E-state index < -0.39 is 0 Å². The summed E-state index contributed by atoms with van der Waals surface area (Å²) in [6.07, 6.45) is 3.17. The normalized spacial score (nSPS) is 10.6. The molecule has 2 aromatic heterocycles. The van der Waals surface area contributed by atoms with Gasteiger partial charge in [-0.25, -0.2) is 9.97 Å². The average molecular weight is 289 g/mol. The Bertz CT molecular complexity index is 600. The maximum Gasteiger partial charge on any atom is 0.136 e. The van der Waals surface area contributed by atoms with Crippen molar-refractivity contribution in [2.24, 2.45) is 0 Å². The van der Waals surface area contributed by atoms with Crippen molar-refractivity contribution < 1.29 is 5.11 Å². The van der Waals surface area contributed by atoms with Crippen LogP contribution in [0.25, 0.3) is 0 Å². The van der Waals surface area contributed by atoms with E-state index >= 15 is 0 Å². The predicted molar refractivity (Wildman–Crippen MR) is 79.2 cm³/mol. The number of hydrogen-bond donors (Lipinski definition) is 4. The average Bonchev–Trinajstić information content (AvgIpc) is 2.48. The lowest BCUT2D eigenvalue weighted by atomic mass is 10.2. The molecular weight excluding hydrogens is 270 g/mol. The van der Waals surface area contributed by atoms with E-state index in [2.05, 4.69) is 30.6 Å². The predicted octanol–water partition coefficient (Wildman–Crippen LogP) is -0.0190. The van der Waals surface area contributed by atoms with E-state index in [9.17, 15) is 0 Å². The number of nitrogen functional groups attached to an aromatic ring is 1. The lowest BCUT2D eigenvalue weighted by Gasteiger charge is -2.13. The van der Waals surface area contributed by atoms with Gasteiger partial charge in [-0.15, -0.1) is 0 Å². The molecule has 0 unspecified atom stereocenters. The molecule has 2 aromatic rings. The van der Waals surface area contributed by atoms with E-state index in [4.69, 9.17) is 10.8 Å². The second-order valence-electron chi connectivity index (χ2n) is 4.52. The Balaban J connectivity index is 2.14. The molecule has 8 nitrogen and oxygen atoms in total. The number of aliphatic hydroxyl groups is 1. The highest BCUT2D eigenvalue weighted by molar-refractivity contribution is 5.55. The van der Waals surface area contributed by atoms with Gasteiger partial charge in [-0.2, -0.15) is 0 Å². The van der Waals surface area contributed by atoms with Crippen LogP contribution < -0.4 is 16.4 Å². The van der Waals surface area contributed by atoms with Gasteiger partial charge >= 0.3 is 0 Å². The van der Waals surface area contributed by atoms with Crippen LogP contribution in [-0.2, 0) is 19.7 Å². The topological polar surface area (TPSA) is 122 Å². The molecule has 0 aromatic carbocycles. The number of rotatable bonds is 6. The van der Waals surface area contributed by atoms with E-state index in [0.29, 0.717) is 36.2 Å². The minimum Gasteiger partial charge on any atom is -0.390 e. The van der Waals surface area contributed by atoms with Crippen molar-refractivity contribution in [3.05, 3.63) is 35.2 Å². The van der Waals surface area contributed by atoms with E-state index in [1.807, 2.05) is 7.05 Å². The van der Waals surface area contributed by atoms with Crippen LogP contribution in [-0.4, -0.2) is 32.1 Å². The van der Waals surface area contributed by atoms with Crippen LogP contribution in [0.3, 0.4) is 0 Å². The molecular formula is C13H19N7O. The number of nitrogens with one attached hydrogen (secondary N) is 2. The summed E-state index contributed by atoms with van der Waals surface area (Å²) in [5.74, 6) is 1.75. The fourth-order valence-electron chi connectivity index (χ4n) is 1.84. The van der Waals surface area contributed by atoms with Crippen molar-refractivity contribution in [1.82, 2.24) is 25.3 Å². The van der Waals surface area contributed by atoms with Gasteiger partial charge in [0.05, 0.1) is 42.5 Å². The summed E-state index contributed by atoms with van der Waals surface area (Å²) in [5, 5.41) is 15.2. The van der Waals surface area contributed by atoms with Gasteiger partial charge in [0.2, 0.25) is 0 Å². The van der Waals surface area contributed by atoms with E-state index in [-0.39, 0.29) is 6.61 Å². The van der Waals surface area contributed by atoms with E-state index in [0.717, 1.165) is 11.3 Å². The smallest absolute Gasteiger partial charge is 0.136 e. The molecule has 0 bridgehead atoms. The summed E-state index contributed by atoms with van der Waals surface area (Å²) in [4.78, 5) is 16.8. The lowest BCUT2D eigenvalue weighted by molar-refractivity contribution is 0.276. The molecule has 0 aliphatic rings. The van der Waals surface area contributed by atoms with Gasteiger partial charge in [0.1, 0.15) is 17.5 Å². The molecule has 2 rings (SSSR count). The van der Waals surface area contributed by atoms with Gasteiger partial charge in [-0.05, 0) is 14.0 Å². The van der Waals surface area contributed by atoms with Crippen molar-refractivity contribution >= 4 is 11.6 Å². The van der Waals surface area contributed by atoms with Crippen LogP contribution in [0.2, 0.25) is 0 Å². The first-order valence-corrected chi connectivity index (χ1v) is 6.56. The van der Waals surface area contributed by atoms with E-state index in [1.165, 1.54) is 0 Å². The third-order valence-electron chi connectivity index (χ3n) is 2.86. The minimum atomic E-state index is -0.116. The Kier molecular flexibility index (Phi) is 4.96. The zero-order valence-electron chi connectivity index (χ0n) is 12.1. The first kappa shape index (κ1) is 15.1. The molecule has 21 heavy (non-hydrogen) atoms. The largest absolute Gasteiger partial charge is 0.390 e. The molecule has 2 heterocycles. The van der Waals surface area contributed by atoms with Crippen LogP contribution in [0.4, 0.5) is 11.6 Å². The Morgan fingerprint density at radius 3 is 2.48 bits per heavy atom. The van der Waals surface area contributed by atoms with Crippen molar-refractivity contribution in [3.8, 4) is 0 Å². The van der Waals surface area contributed by atoms with Gasteiger partial charge in [0.15, 0.2) is 0 Å². The number of anilines is 2. The number of nitrogens with two attached hydrogens (primary N) is 1. The minimum absolute atomic E-state index is 0.116. The van der Waals surface area contributed by atoms with Crippen molar-refractivity contribution in [2.75, 3.05) is 18.1 Å². The third-order valence-corrected chi connectivity index (χ3v) is 2.86. The van der Waals surface area contributed by atoms with Crippen LogP contribution in [0, 0.1) is 6.92 Å². The highest BCUT2D eigenvalue weighted by Gasteiger charge is 2.10. The summed E-state index contributed by atoms with van der Waals surface area (Å²) in [7, 11) is 1.84. The highest BCUT2D eigenvalue weighted by Crippen LogP contribution is 2.18. The van der Waals surface area contributed by atoms with Crippen molar-refractivity contribution in [3.63, 3.8) is 0 Å². The maximum absolute atomic E-state index is 8.94. The molecule has 0 spiro atoms. The van der Waals surface area contributed by atoms with Crippen LogP contribution in [0.1, 0.15) is 22.8 Å². The Hall–Kier alpha value is -2.32. The summed E-state index contributed by atoms with van der Waals surface area (Å²) >= 11 is 0. The Labute approximate surface area is 122 Å². The fraction of sp³-hybridized carbons (Fsp3) is 0.385. The number of nitrogens with zero attached hydrogens (tertiary/aromatic N) is 4. The molecule has 112 valence electrons. The summed E-state index contributed by atoms with van der Waals surface area (Å²) in [6, 6.07) is 0. The molecule has 8 heteroatoms. The monoisotopic (exact) mass is 289 g/mol. The standard InChI is InChI=1S/C13H19N7O/c1-8-19-12(14)11(6-15-2)13(20-8)18-4-9-3-17-10(7-21)5-16-9/h3,5,15,21H,4,6-7H2,1-2H3,(H3,14,18,19,20). The van der Waals surface area contributed by atoms with Gasteiger partial charge in [-0.3, -0.25) is 9.97 Å². The Morgan fingerprint density at radius 1 is 1.14 bits per heavy atom.